The van der Waals surface area contributed by atoms with Crippen LogP contribution in [0.3, 0.4) is 0 Å². The van der Waals surface area contributed by atoms with Gasteiger partial charge in [-0.2, -0.15) is 0 Å². The van der Waals surface area contributed by atoms with Crippen LogP contribution in [0, 0.1) is 0 Å². The van der Waals surface area contributed by atoms with Gasteiger partial charge in [0.2, 0.25) is 0 Å². The molecule has 15 heavy (non-hydrogen) atoms. The number of hydrogen-bond acceptors (Lipinski definition) is 6. The molecule has 0 spiro atoms. The number of aliphatic hydroxyl groups is 4. The third-order valence-corrected chi connectivity index (χ3v) is 1.47. The standard InChI is InChI=1S/2C4H11NO2.Pt/c2*5-4(3-7)1-2-6;/h2*4,6-7H,1-3,5H2;. The SMILES string of the molecule is NC(CO)CCO.NC(CO)CCO.[Pt]. The fourth-order valence-electron chi connectivity index (χ4n) is 0.514. The molecule has 6 nitrogen and oxygen atoms in total. The van der Waals surface area contributed by atoms with Gasteiger partial charge in [0.15, 0.2) is 0 Å². The molecular formula is C8H22N2O4Pt. The van der Waals surface area contributed by atoms with Crippen molar-refractivity contribution in [1.82, 2.24) is 0 Å². The van der Waals surface area contributed by atoms with Crippen LogP contribution < -0.4 is 11.5 Å². The summed E-state index contributed by atoms with van der Waals surface area (Å²) < 4.78 is 0. The molecule has 98 valence electrons. The van der Waals surface area contributed by atoms with Crippen molar-refractivity contribution in [3.63, 3.8) is 0 Å². The predicted molar refractivity (Wildman–Crippen MR) is 53.5 cm³/mol. The summed E-state index contributed by atoms with van der Waals surface area (Å²) in [6.45, 7) is 0.0323. The molecule has 0 heterocycles. The van der Waals surface area contributed by atoms with Crippen LogP contribution in [0.4, 0.5) is 0 Å². The van der Waals surface area contributed by atoms with Crippen LogP contribution in [0.25, 0.3) is 0 Å². The van der Waals surface area contributed by atoms with Crippen molar-refractivity contribution in [2.75, 3.05) is 26.4 Å². The van der Waals surface area contributed by atoms with Gasteiger partial charge in [0.05, 0.1) is 13.2 Å². The summed E-state index contributed by atoms with van der Waals surface area (Å²) in [5.74, 6) is 0. The molecule has 0 aromatic rings. The third kappa shape index (κ3) is 20.5. The van der Waals surface area contributed by atoms with Crippen molar-refractivity contribution >= 4 is 0 Å². The summed E-state index contributed by atoms with van der Waals surface area (Å²) in [6.07, 6.45) is 0.965. The van der Waals surface area contributed by atoms with E-state index in [9.17, 15) is 0 Å². The van der Waals surface area contributed by atoms with E-state index < -0.39 is 0 Å². The normalized spacial score (nSPS) is 13.2. The second kappa shape index (κ2) is 16.9. The van der Waals surface area contributed by atoms with E-state index in [0.717, 1.165) is 0 Å². The van der Waals surface area contributed by atoms with E-state index in [4.69, 9.17) is 31.9 Å². The summed E-state index contributed by atoms with van der Waals surface area (Å²) in [6, 6.07) is -0.491. The minimum Gasteiger partial charge on any atom is -0.396 e. The van der Waals surface area contributed by atoms with Crippen molar-refractivity contribution in [1.29, 1.82) is 0 Å². The van der Waals surface area contributed by atoms with E-state index in [-0.39, 0.29) is 59.6 Å². The van der Waals surface area contributed by atoms with Crippen LogP contribution in [-0.2, 0) is 21.1 Å². The Hall–Kier alpha value is 0.448. The van der Waals surface area contributed by atoms with Crippen LogP contribution in [0.15, 0.2) is 0 Å². The smallest absolute Gasteiger partial charge is 0.0583 e. The van der Waals surface area contributed by atoms with Gasteiger partial charge in [-0.3, -0.25) is 0 Å². The molecule has 0 aromatic heterocycles. The summed E-state index contributed by atoms with van der Waals surface area (Å²) in [5.41, 5.74) is 10.3. The predicted octanol–water partition coefficient (Wildman–Crippen LogP) is -2.63. The Kier molecular flexibility index (Phi) is 23.4. The van der Waals surface area contributed by atoms with Crippen LogP contribution in [0.1, 0.15) is 12.8 Å². The average molecular weight is 405 g/mol. The molecule has 0 aliphatic carbocycles. The van der Waals surface area contributed by atoms with E-state index in [0.29, 0.717) is 12.8 Å². The number of aliphatic hydroxyl groups excluding tert-OH is 4. The summed E-state index contributed by atoms with van der Waals surface area (Å²) in [4.78, 5) is 0. The Morgan fingerprint density at radius 1 is 0.733 bits per heavy atom. The maximum absolute atomic E-state index is 8.23. The molecule has 0 radical (unpaired) electrons. The van der Waals surface area contributed by atoms with Gasteiger partial charge in [0.1, 0.15) is 0 Å². The van der Waals surface area contributed by atoms with Gasteiger partial charge < -0.3 is 31.9 Å². The maximum Gasteiger partial charge on any atom is 0.0583 e. The van der Waals surface area contributed by atoms with Crippen molar-refractivity contribution in [2.24, 2.45) is 11.5 Å². The first-order chi connectivity index (χ1) is 6.62. The van der Waals surface area contributed by atoms with Gasteiger partial charge in [0.25, 0.3) is 0 Å². The molecule has 0 rings (SSSR count). The molecule has 2 unspecified atom stereocenters. The number of hydrogen-bond donors (Lipinski definition) is 6. The molecule has 0 aliphatic rings. The Morgan fingerprint density at radius 3 is 1.07 bits per heavy atom. The first kappa shape index (κ1) is 20.8. The Balaban J connectivity index is -0.000000180. The summed E-state index contributed by atoms with van der Waals surface area (Å²) in [7, 11) is 0. The monoisotopic (exact) mass is 405 g/mol. The van der Waals surface area contributed by atoms with E-state index >= 15 is 0 Å². The molecule has 0 aliphatic heterocycles. The molecule has 2 atom stereocenters. The van der Waals surface area contributed by atoms with E-state index in [1.165, 1.54) is 0 Å². The molecule has 7 heteroatoms. The van der Waals surface area contributed by atoms with Crippen molar-refractivity contribution in [2.45, 2.75) is 24.9 Å². The van der Waals surface area contributed by atoms with Crippen molar-refractivity contribution < 1.29 is 41.5 Å². The molecule has 8 N–H and O–H groups in total. The molecule has 0 aromatic carbocycles. The Morgan fingerprint density at radius 2 is 1.00 bits per heavy atom. The second-order valence-electron chi connectivity index (χ2n) is 2.91. The van der Waals surface area contributed by atoms with Gasteiger partial charge >= 0.3 is 0 Å². The van der Waals surface area contributed by atoms with Crippen LogP contribution in [0.2, 0.25) is 0 Å². The Bertz CT molecular complexity index is 98.6. The Labute approximate surface area is 105 Å². The molecule has 0 saturated carbocycles. The first-order valence-electron chi connectivity index (χ1n) is 4.56. The minimum absolute atomic E-state index is 0. The van der Waals surface area contributed by atoms with Crippen LogP contribution in [0.5, 0.6) is 0 Å². The van der Waals surface area contributed by atoms with Crippen LogP contribution >= 0.6 is 0 Å². The average Bonchev–Trinajstić information content (AvgIpc) is 2.19. The van der Waals surface area contributed by atoms with Gasteiger partial charge in [-0.25, -0.2) is 0 Å². The largest absolute Gasteiger partial charge is 0.396 e. The summed E-state index contributed by atoms with van der Waals surface area (Å²) in [5, 5.41) is 32.8. The fourth-order valence-corrected chi connectivity index (χ4v) is 0.514. The number of rotatable bonds is 6. The zero-order valence-corrected chi connectivity index (χ0v) is 10.9. The maximum atomic E-state index is 8.23. The molecule has 0 fully saturated rings. The van der Waals surface area contributed by atoms with Gasteiger partial charge in [-0.15, -0.1) is 0 Å². The van der Waals surface area contributed by atoms with Crippen molar-refractivity contribution in [3.05, 3.63) is 0 Å². The van der Waals surface area contributed by atoms with Gasteiger partial charge in [0, 0.05) is 46.4 Å². The molecule has 0 bridgehead atoms. The number of nitrogens with two attached hydrogens (primary N) is 2. The topological polar surface area (TPSA) is 133 Å². The van der Waals surface area contributed by atoms with E-state index in [1.807, 2.05) is 0 Å². The third-order valence-electron chi connectivity index (χ3n) is 1.47. The zero-order valence-electron chi connectivity index (χ0n) is 8.66. The molecular weight excluding hydrogens is 383 g/mol. The van der Waals surface area contributed by atoms with Crippen LogP contribution in [-0.4, -0.2) is 58.9 Å². The van der Waals surface area contributed by atoms with Crippen molar-refractivity contribution in [3.8, 4) is 0 Å². The summed E-state index contributed by atoms with van der Waals surface area (Å²) >= 11 is 0. The van der Waals surface area contributed by atoms with E-state index in [2.05, 4.69) is 0 Å². The quantitative estimate of drug-likeness (QED) is 0.287. The fraction of sp³-hybridized carbons (Fsp3) is 1.00. The second-order valence-corrected chi connectivity index (χ2v) is 2.91. The first-order valence-corrected chi connectivity index (χ1v) is 4.56. The van der Waals surface area contributed by atoms with Gasteiger partial charge in [-0.1, -0.05) is 0 Å². The minimum atomic E-state index is -0.245. The molecule has 0 saturated heterocycles. The van der Waals surface area contributed by atoms with Gasteiger partial charge in [-0.05, 0) is 12.8 Å². The zero-order chi connectivity index (χ0) is 11.4. The van der Waals surface area contributed by atoms with E-state index in [1.54, 1.807) is 0 Å². The molecule has 0 amide bonds.